The van der Waals surface area contributed by atoms with Crippen LogP contribution in [-0.4, -0.2) is 31.1 Å². The summed E-state index contributed by atoms with van der Waals surface area (Å²) in [5, 5.41) is 5.80. The third kappa shape index (κ3) is 5.78. The Balaban J connectivity index is 1.62. The zero-order chi connectivity index (χ0) is 22.6. The van der Waals surface area contributed by atoms with Crippen molar-refractivity contribution in [1.29, 1.82) is 0 Å². The zero-order valence-corrected chi connectivity index (χ0v) is 19.0. The number of rotatable bonds is 6. The maximum atomic E-state index is 12.8. The number of hydrogen-bond acceptors (Lipinski definition) is 4. The van der Waals surface area contributed by atoms with Crippen molar-refractivity contribution in [3.05, 3.63) is 59.2 Å². The van der Waals surface area contributed by atoms with E-state index in [0.717, 1.165) is 11.1 Å². The molecule has 0 aliphatic carbocycles. The van der Waals surface area contributed by atoms with Crippen LogP contribution in [0.2, 0.25) is 0 Å². The normalized spacial score (nSPS) is 14.1. The number of carbonyl (C=O) groups excluding carboxylic acids is 2. The number of carbonyl (C=O) groups is 2. The lowest BCUT2D eigenvalue weighted by Crippen LogP contribution is -2.49. The van der Waals surface area contributed by atoms with Gasteiger partial charge < -0.3 is 20.1 Å². The van der Waals surface area contributed by atoms with Gasteiger partial charge in [-0.1, -0.05) is 52.8 Å². The van der Waals surface area contributed by atoms with Gasteiger partial charge >= 0.3 is 0 Å². The maximum Gasteiger partial charge on any atom is 0.251 e. The molecule has 166 valence electrons. The topological polar surface area (TPSA) is 76.7 Å². The molecule has 31 heavy (non-hydrogen) atoms. The molecule has 1 heterocycles. The van der Waals surface area contributed by atoms with Crippen molar-refractivity contribution in [2.45, 2.75) is 52.6 Å². The van der Waals surface area contributed by atoms with Gasteiger partial charge in [-0.15, -0.1) is 0 Å². The Kier molecular flexibility index (Phi) is 6.88. The van der Waals surface area contributed by atoms with E-state index in [1.54, 1.807) is 12.1 Å². The Morgan fingerprint density at radius 1 is 0.968 bits per heavy atom. The Labute approximate surface area is 184 Å². The fourth-order valence-electron chi connectivity index (χ4n) is 3.38. The van der Waals surface area contributed by atoms with Crippen LogP contribution in [0.3, 0.4) is 0 Å². The second kappa shape index (κ2) is 9.41. The molecule has 0 saturated carbocycles. The van der Waals surface area contributed by atoms with E-state index in [9.17, 15) is 9.59 Å². The predicted octanol–water partition coefficient (Wildman–Crippen LogP) is 3.83. The molecule has 0 unspecified atom stereocenters. The number of ether oxygens (including phenoxy) is 2. The molecule has 6 nitrogen and oxygen atoms in total. The number of nitrogens with one attached hydrogen (secondary N) is 2. The van der Waals surface area contributed by atoms with Gasteiger partial charge in [-0.3, -0.25) is 9.59 Å². The number of fused-ring (bicyclic) bond motifs is 1. The van der Waals surface area contributed by atoms with E-state index in [1.807, 2.05) is 44.2 Å². The molecule has 0 radical (unpaired) electrons. The number of benzene rings is 2. The summed E-state index contributed by atoms with van der Waals surface area (Å²) in [4.78, 5) is 25.6. The Morgan fingerprint density at radius 2 is 1.61 bits per heavy atom. The molecule has 0 aromatic heterocycles. The van der Waals surface area contributed by atoms with Crippen molar-refractivity contribution in [2.75, 3.05) is 13.2 Å². The summed E-state index contributed by atoms with van der Waals surface area (Å²) in [5.41, 5.74) is 2.62. The molecular formula is C25H32N2O4. The first kappa shape index (κ1) is 22.7. The number of amides is 2. The highest BCUT2D eigenvalue weighted by Gasteiger charge is 2.25. The first-order valence-corrected chi connectivity index (χ1v) is 10.7. The molecule has 0 saturated heterocycles. The second-order valence-electron chi connectivity index (χ2n) is 9.22. The first-order chi connectivity index (χ1) is 14.6. The summed E-state index contributed by atoms with van der Waals surface area (Å²) in [5.74, 6) is 0.868. The summed E-state index contributed by atoms with van der Waals surface area (Å²) in [7, 11) is 0. The van der Waals surface area contributed by atoms with Crippen molar-refractivity contribution in [1.82, 2.24) is 10.6 Å². The Hall–Kier alpha value is -3.02. The Morgan fingerprint density at radius 3 is 2.23 bits per heavy atom. The summed E-state index contributed by atoms with van der Waals surface area (Å²) >= 11 is 0. The van der Waals surface area contributed by atoms with E-state index >= 15 is 0 Å². The van der Waals surface area contributed by atoms with E-state index < -0.39 is 6.04 Å². The highest BCUT2D eigenvalue weighted by Crippen LogP contribution is 2.30. The molecule has 1 aliphatic heterocycles. The quantitative estimate of drug-likeness (QED) is 0.739. The standard InChI is InChI=1S/C25H32N2O4/c1-16(2)22(27-23(28)18-7-9-19(10-8-18)25(3,4)5)24(29)26-15-17-6-11-20-21(14-17)31-13-12-30-20/h6-11,14,16,22H,12-13,15H2,1-5H3,(H,26,29)(H,27,28)/t22-/m0/s1. The predicted molar refractivity (Wildman–Crippen MR) is 121 cm³/mol. The molecule has 0 bridgehead atoms. The third-order valence-corrected chi connectivity index (χ3v) is 5.32. The van der Waals surface area contributed by atoms with Gasteiger partial charge in [-0.05, 0) is 46.7 Å². The smallest absolute Gasteiger partial charge is 0.251 e. The van der Waals surface area contributed by atoms with Crippen LogP contribution in [0, 0.1) is 5.92 Å². The van der Waals surface area contributed by atoms with E-state index in [-0.39, 0.29) is 23.1 Å². The minimum absolute atomic E-state index is 0.0171. The molecule has 1 atom stereocenters. The highest BCUT2D eigenvalue weighted by molar-refractivity contribution is 5.97. The van der Waals surface area contributed by atoms with Crippen LogP contribution >= 0.6 is 0 Å². The van der Waals surface area contributed by atoms with E-state index in [2.05, 4.69) is 31.4 Å². The molecule has 2 amide bonds. The van der Waals surface area contributed by atoms with Crippen LogP contribution in [0.15, 0.2) is 42.5 Å². The van der Waals surface area contributed by atoms with Gasteiger partial charge in [-0.25, -0.2) is 0 Å². The molecular weight excluding hydrogens is 392 g/mol. The van der Waals surface area contributed by atoms with Crippen molar-refractivity contribution in [2.24, 2.45) is 5.92 Å². The minimum Gasteiger partial charge on any atom is -0.486 e. The summed E-state index contributed by atoms with van der Waals surface area (Å²) in [6.07, 6.45) is 0. The number of hydrogen-bond donors (Lipinski definition) is 2. The maximum absolute atomic E-state index is 12.8. The van der Waals surface area contributed by atoms with Crippen molar-refractivity contribution < 1.29 is 19.1 Å². The van der Waals surface area contributed by atoms with Gasteiger partial charge in [0.2, 0.25) is 5.91 Å². The third-order valence-electron chi connectivity index (χ3n) is 5.32. The monoisotopic (exact) mass is 424 g/mol. The first-order valence-electron chi connectivity index (χ1n) is 10.7. The van der Waals surface area contributed by atoms with Crippen molar-refractivity contribution in [3.63, 3.8) is 0 Å². The zero-order valence-electron chi connectivity index (χ0n) is 19.0. The van der Waals surface area contributed by atoms with Crippen LogP contribution in [0.4, 0.5) is 0 Å². The molecule has 0 spiro atoms. The minimum atomic E-state index is -0.632. The van der Waals surface area contributed by atoms with Gasteiger partial charge in [0.1, 0.15) is 19.3 Å². The average molecular weight is 425 g/mol. The molecule has 2 aromatic carbocycles. The van der Waals surface area contributed by atoms with Gasteiger partial charge in [0.05, 0.1) is 0 Å². The van der Waals surface area contributed by atoms with Crippen LogP contribution in [0.25, 0.3) is 0 Å². The fraction of sp³-hybridized carbons (Fsp3) is 0.440. The summed E-state index contributed by atoms with van der Waals surface area (Å²) in [6, 6.07) is 12.5. The summed E-state index contributed by atoms with van der Waals surface area (Å²) in [6.45, 7) is 11.6. The molecule has 2 aromatic rings. The van der Waals surface area contributed by atoms with Gasteiger partial charge in [0.25, 0.3) is 5.91 Å². The van der Waals surface area contributed by atoms with Crippen LogP contribution in [0.1, 0.15) is 56.1 Å². The van der Waals surface area contributed by atoms with Crippen LogP contribution < -0.4 is 20.1 Å². The molecule has 2 N–H and O–H groups in total. The summed E-state index contributed by atoms with van der Waals surface area (Å²) < 4.78 is 11.1. The lowest BCUT2D eigenvalue weighted by atomic mass is 9.86. The van der Waals surface area contributed by atoms with Gasteiger partial charge in [0, 0.05) is 12.1 Å². The lowest BCUT2D eigenvalue weighted by Gasteiger charge is -2.23. The Bertz CT molecular complexity index is 930. The SMILES string of the molecule is CC(C)[C@H](NC(=O)c1ccc(C(C)(C)C)cc1)C(=O)NCc1ccc2c(c1)OCCO2. The van der Waals surface area contributed by atoms with Crippen LogP contribution in [-0.2, 0) is 16.8 Å². The second-order valence-corrected chi connectivity index (χ2v) is 9.22. The molecule has 3 rings (SSSR count). The van der Waals surface area contributed by atoms with Crippen molar-refractivity contribution >= 4 is 11.8 Å². The highest BCUT2D eigenvalue weighted by atomic mass is 16.6. The van der Waals surface area contributed by atoms with E-state index in [0.29, 0.717) is 36.8 Å². The largest absolute Gasteiger partial charge is 0.486 e. The molecule has 1 aliphatic rings. The molecule has 6 heteroatoms. The lowest BCUT2D eigenvalue weighted by molar-refractivity contribution is -0.124. The fourth-order valence-corrected chi connectivity index (χ4v) is 3.38. The van der Waals surface area contributed by atoms with Gasteiger partial charge in [-0.2, -0.15) is 0 Å². The van der Waals surface area contributed by atoms with E-state index in [1.165, 1.54) is 0 Å². The van der Waals surface area contributed by atoms with Crippen molar-refractivity contribution in [3.8, 4) is 11.5 Å². The average Bonchev–Trinajstić information content (AvgIpc) is 2.74. The van der Waals surface area contributed by atoms with Gasteiger partial charge in [0.15, 0.2) is 11.5 Å². The van der Waals surface area contributed by atoms with Crippen LogP contribution in [0.5, 0.6) is 11.5 Å². The van der Waals surface area contributed by atoms with E-state index in [4.69, 9.17) is 9.47 Å². The molecule has 0 fully saturated rings.